The third kappa shape index (κ3) is 8.85. The fourth-order valence-electron chi connectivity index (χ4n) is 3.10. The Labute approximate surface area is 195 Å². The minimum atomic E-state index is -1.33. The van der Waals surface area contributed by atoms with Gasteiger partial charge in [-0.1, -0.05) is 37.5 Å². The van der Waals surface area contributed by atoms with Gasteiger partial charge in [0.15, 0.2) is 0 Å². The van der Waals surface area contributed by atoms with Gasteiger partial charge in [0.2, 0.25) is 17.7 Å². The number of nitrogens with one attached hydrogen (secondary N) is 2. The molecule has 0 aromatic heterocycles. The Balaban J connectivity index is 3.30. The van der Waals surface area contributed by atoms with Crippen LogP contribution in [0.15, 0.2) is 24.3 Å². The summed E-state index contributed by atoms with van der Waals surface area (Å²) < 4.78 is 5.20. The summed E-state index contributed by atoms with van der Waals surface area (Å²) in [4.78, 5) is 51.5. The second-order valence-electron chi connectivity index (χ2n) is 8.60. The number of primary amides is 1. The van der Waals surface area contributed by atoms with Crippen molar-refractivity contribution in [2.45, 2.75) is 64.6 Å². The third-order valence-electron chi connectivity index (χ3n) is 4.62. The van der Waals surface area contributed by atoms with E-state index in [4.69, 9.17) is 16.9 Å². The molecular formula is C24H34N4O5. The maximum absolute atomic E-state index is 13.3. The summed E-state index contributed by atoms with van der Waals surface area (Å²) in [5.74, 6) is 0.604. The van der Waals surface area contributed by atoms with Crippen LogP contribution in [0.4, 0.5) is 4.79 Å². The molecule has 0 heterocycles. The van der Waals surface area contributed by atoms with Crippen molar-refractivity contribution >= 4 is 23.8 Å². The van der Waals surface area contributed by atoms with Gasteiger partial charge in [-0.25, -0.2) is 4.79 Å². The van der Waals surface area contributed by atoms with E-state index >= 15 is 0 Å². The van der Waals surface area contributed by atoms with Crippen LogP contribution in [0.1, 0.15) is 64.1 Å². The largest absolute Gasteiger partial charge is 0.444 e. The zero-order valence-corrected chi connectivity index (χ0v) is 19.9. The van der Waals surface area contributed by atoms with Crippen LogP contribution in [0, 0.1) is 12.3 Å². The van der Waals surface area contributed by atoms with E-state index in [9.17, 15) is 19.2 Å². The molecule has 9 heteroatoms. The number of hydrogen-bond acceptors (Lipinski definition) is 5. The standard InChI is InChI=1S/C24H34N4O5/c1-7-9-14-26-21(30)20(17-13-11-10-12-16(17)8-2)28(6)22(31)18(15-19(25)29)27-23(32)33-24(3,4)5/h2,10-13,18,20H,7,9,14-15H2,1,3-6H3,(H2,25,29)(H,26,30)(H,27,32). The molecule has 2 unspecified atom stereocenters. The first kappa shape index (κ1) is 27.5. The number of nitrogens with two attached hydrogens (primary N) is 1. The van der Waals surface area contributed by atoms with Crippen LogP contribution in [-0.2, 0) is 19.1 Å². The molecule has 1 aromatic carbocycles. The molecule has 0 radical (unpaired) electrons. The van der Waals surface area contributed by atoms with Gasteiger partial charge in [-0.2, -0.15) is 0 Å². The Morgan fingerprint density at radius 3 is 2.39 bits per heavy atom. The molecule has 4 N–H and O–H groups in total. The number of carbonyl (C=O) groups excluding carboxylic acids is 4. The molecule has 1 rings (SSSR count). The van der Waals surface area contributed by atoms with Crippen LogP contribution in [0.5, 0.6) is 0 Å². The van der Waals surface area contributed by atoms with E-state index in [0.717, 1.165) is 17.7 Å². The van der Waals surface area contributed by atoms with Gasteiger partial charge in [-0.3, -0.25) is 14.4 Å². The first-order chi connectivity index (χ1) is 15.4. The van der Waals surface area contributed by atoms with Gasteiger partial charge in [0, 0.05) is 19.2 Å². The minimum absolute atomic E-state index is 0.424. The number of amides is 4. The molecule has 180 valence electrons. The lowest BCUT2D eigenvalue weighted by atomic mass is 9.97. The summed E-state index contributed by atoms with van der Waals surface area (Å²) in [6.07, 6.45) is 5.90. The predicted molar refractivity (Wildman–Crippen MR) is 125 cm³/mol. The van der Waals surface area contributed by atoms with Crippen molar-refractivity contribution < 1.29 is 23.9 Å². The van der Waals surface area contributed by atoms with Crippen molar-refractivity contribution in [3.8, 4) is 12.3 Å². The highest BCUT2D eigenvalue weighted by Gasteiger charge is 2.35. The molecule has 33 heavy (non-hydrogen) atoms. The van der Waals surface area contributed by atoms with Crippen molar-refractivity contribution in [3.63, 3.8) is 0 Å². The fraction of sp³-hybridized carbons (Fsp3) is 0.500. The number of hydrogen-bond donors (Lipinski definition) is 3. The first-order valence-electron chi connectivity index (χ1n) is 10.8. The Bertz CT molecular complexity index is 901. The molecule has 1 aromatic rings. The van der Waals surface area contributed by atoms with Crippen LogP contribution in [-0.4, -0.2) is 54.0 Å². The summed E-state index contributed by atoms with van der Waals surface area (Å²) in [5, 5.41) is 5.20. The molecular weight excluding hydrogens is 424 g/mol. The number of terminal acetylenes is 1. The van der Waals surface area contributed by atoms with Gasteiger partial charge in [0.25, 0.3) is 0 Å². The zero-order chi connectivity index (χ0) is 25.2. The number of benzene rings is 1. The normalized spacial score (nSPS) is 12.6. The summed E-state index contributed by atoms with van der Waals surface area (Å²) in [6, 6.07) is 4.35. The molecule has 4 amide bonds. The molecule has 0 spiro atoms. The van der Waals surface area contributed by atoms with E-state index in [2.05, 4.69) is 16.6 Å². The second kappa shape index (κ2) is 12.5. The van der Waals surface area contributed by atoms with Gasteiger partial charge in [0.05, 0.1) is 6.42 Å². The van der Waals surface area contributed by atoms with E-state index in [1.807, 2.05) is 6.92 Å². The Kier molecular flexibility index (Phi) is 10.4. The van der Waals surface area contributed by atoms with Gasteiger partial charge in [-0.05, 0) is 38.8 Å². The smallest absolute Gasteiger partial charge is 0.408 e. The summed E-state index contributed by atoms with van der Waals surface area (Å²) >= 11 is 0. The Hall–Kier alpha value is -3.54. The third-order valence-corrected chi connectivity index (χ3v) is 4.62. The number of carbonyl (C=O) groups is 4. The van der Waals surface area contributed by atoms with Crippen LogP contribution in [0.3, 0.4) is 0 Å². The van der Waals surface area contributed by atoms with E-state index in [0.29, 0.717) is 17.7 Å². The average Bonchev–Trinajstić information content (AvgIpc) is 2.71. The van der Waals surface area contributed by atoms with Crippen LogP contribution >= 0.6 is 0 Å². The highest BCUT2D eigenvalue weighted by molar-refractivity contribution is 5.94. The molecule has 9 nitrogen and oxygen atoms in total. The quantitative estimate of drug-likeness (QED) is 0.364. The molecule has 2 atom stereocenters. The lowest BCUT2D eigenvalue weighted by Gasteiger charge is -2.31. The topological polar surface area (TPSA) is 131 Å². The van der Waals surface area contributed by atoms with Crippen molar-refractivity contribution in [1.82, 2.24) is 15.5 Å². The minimum Gasteiger partial charge on any atom is -0.444 e. The van der Waals surface area contributed by atoms with E-state index < -0.39 is 47.9 Å². The molecule has 0 saturated carbocycles. The zero-order valence-electron chi connectivity index (χ0n) is 19.9. The Morgan fingerprint density at radius 2 is 1.85 bits per heavy atom. The monoisotopic (exact) mass is 458 g/mol. The van der Waals surface area contributed by atoms with E-state index in [1.165, 1.54) is 7.05 Å². The van der Waals surface area contributed by atoms with Crippen LogP contribution in [0.25, 0.3) is 0 Å². The van der Waals surface area contributed by atoms with Gasteiger partial charge >= 0.3 is 6.09 Å². The van der Waals surface area contributed by atoms with Gasteiger partial charge in [-0.15, -0.1) is 6.42 Å². The summed E-state index contributed by atoms with van der Waals surface area (Å²) in [6.45, 7) is 7.40. The second-order valence-corrected chi connectivity index (χ2v) is 8.60. The van der Waals surface area contributed by atoms with E-state index in [-0.39, 0.29) is 0 Å². The molecule has 0 saturated heterocycles. The van der Waals surface area contributed by atoms with Crippen molar-refractivity contribution in [1.29, 1.82) is 0 Å². The predicted octanol–water partition coefficient (Wildman–Crippen LogP) is 1.85. The number of rotatable bonds is 10. The van der Waals surface area contributed by atoms with Gasteiger partial charge < -0.3 is 26.0 Å². The maximum Gasteiger partial charge on any atom is 0.408 e. The number of ether oxygens (including phenoxy) is 1. The van der Waals surface area contributed by atoms with Crippen molar-refractivity contribution in [2.24, 2.45) is 5.73 Å². The van der Waals surface area contributed by atoms with Gasteiger partial charge in [0.1, 0.15) is 17.7 Å². The Morgan fingerprint density at radius 1 is 1.21 bits per heavy atom. The molecule has 0 aliphatic carbocycles. The summed E-state index contributed by atoms with van der Waals surface area (Å²) in [7, 11) is 1.41. The number of likely N-dealkylation sites (N-methyl/N-ethyl adjacent to an activating group) is 1. The highest BCUT2D eigenvalue weighted by atomic mass is 16.6. The van der Waals surface area contributed by atoms with Crippen LogP contribution < -0.4 is 16.4 Å². The van der Waals surface area contributed by atoms with Crippen molar-refractivity contribution in [2.75, 3.05) is 13.6 Å². The SMILES string of the molecule is C#Cc1ccccc1C(C(=O)NCCCC)N(C)C(=O)C(CC(N)=O)NC(=O)OC(C)(C)C. The molecule has 0 aliphatic heterocycles. The lowest BCUT2D eigenvalue weighted by Crippen LogP contribution is -2.53. The molecule has 0 fully saturated rings. The molecule has 0 bridgehead atoms. The highest BCUT2D eigenvalue weighted by Crippen LogP contribution is 2.24. The van der Waals surface area contributed by atoms with Crippen molar-refractivity contribution in [3.05, 3.63) is 35.4 Å². The van der Waals surface area contributed by atoms with E-state index in [1.54, 1.807) is 45.0 Å². The average molecular weight is 459 g/mol. The maximum atomic E-state index is 13.3. The first-order valence-corrected chi connectivity index (χ1v) is 10.8. The fourth-order valence-corrected chi connectivity index (χ4v) is 3.10. The number of alkyl carbamates (subject to hydrolysis) is 1. The molecule has 0 aliphatic rings. The van der Waals surface area contributed by atoms with Crippen LogP contribution in [0.2, 0.25) is 0 Å². The summed E-state index contributed by atoms with van der Waals surface area (Å²) in [5.41, 5.74) is 5.37. The number of unbranched alkanes of at least 4 members (excludes halogenated alkanes) is 1. The lowest BCUT2D eigenvalue weighted by molar-refractivity contribution is -0.141. The number of nitrogens with zero attached hydrogens (tertiary/aromatic N) is 1.